The Morgan fingerprint density at radius 3 is 2.58 bits per heavy atom. The zero-order valence-electron chi connectivity index (χ0n) is 10.8. The SMILES string of the molecule is CN(CCCCCO)S(=O)(=O)c1ccc(N)cc1Br. The second-order valence-electron chi connectivity index (χ2n) is 4.30. The monoisotopic (exact) mass is 350 g/mol. The number of nitrogens with two attached hydrogens (primary N) is 1. The number of aliphatic hydroxyl groups excluding tert-OH is 1. The molecule has 0 aliphatic rings. The van der Waals surface area contributed by atoms with E-state index in [0.717, 1.165) is 12.8 Å². The highest BCUT2D eigenvalue weighted by atomic mass is 79.9. The molecule has 0 unspecified atom stereocenters. The Balaban J connectivity index is 2.79. The predicted molar refractivity (Wildman–Crippen MR) is 79.3 cm³/mol. The fourth-order valence-corrected chi connectivity index (χ4v) is 3.90. The Labute approximate surface area is 122 Å². The summed E-state index contributed by atoms with van der Waals surface area (Å²) >= 11 is 3.23. The predicted octanol–water partition coefficient (Wildman–Crippen LogP) is 1.81. The molecule has 0 saturated carbocycles. The van der Waals surface area contributed by atoms with E-state index in [9.17, 15) is 8.42 Å². The minimum absolute atomic E-state index is 0.139. The van der Waals surface area contributed by atoms with Gasteiger partial charge in [0.1, 0.15) is 0 Å². The van der Waals surface area contributed by atoms with Gasteiger partial charge in [0.25, 0.3) is 0 Å². The van der Waals surface area contributed by atoms with E-state index in [1.54, 1.807) is 19.2 Å². The van der Waals surface area contributed by atoms with Gasteiger partial charge in [-0.3, -0.25) is 0 Å². The third kappa shape index (κ3) is 4.45. The van der Waals surface area contributed by atoms with Crippen LogP contribution in [0.1, 0.15) is 19.3 Å². The summed E-state index contributed by atoms with van der Waals surface area (Å²) in [6.07, 6.45) is 2.22. The molecule has 7 heteroatoms. The largest absolute Gasteiger partial charge is 0.399 e. The summed E-state index contributed by atoms with van der Waals surface area (Å²) < 4.78 is 26.5. The summed E-state index contributed by atoms with van der Waals surface area (Å²) in [5.41, 5.74) is 6.11. The number of hydrogen-bond donors (Lipinski definition) is 2. The summed E-state index contributed by atoms with van der Waals surface area (Å²) in [6, 6.07) is 4.64. The van der Waals surface area contributed by atoms with Crippen molar-refractivity contribution in [3.05, 3.63) is 22.7 Å². The number of sulfonamides is 1. The number of anilines is 1. The van der Waals surface area contributed by atoms with Crippen molar-refractivity contribution in [1.29, 1.82) is 0 Å². The summed E-state index contributed by atoms with van der Waals surface area (Å²) in [5.74, 6) is 0. The van der Waals surface area contributed by atoms with Crippen molar-refractivity contribution in [2.24, 2.45) is 0 Å². The van der Waals surface area contributed by atoms with E-state index in [0.29, 0.717) is 23.1 Å². The fourth-order valence-electron chi connectivity index (χ4n) is 1.64. The van der Waals surface area contributed by atoms with Crippen LogP contribution >= 0.6 is 15.9 Å². The number of nitrogen functional groups attached to an aromatic ring is 1. The Morgan fingerprint density at radius 1 is 1.32 bits per heavy atom. The van der Waals surface area contributed by atoms with E-state index < -0.39 is 10.0 Å². The van der Waals surface area contributed by atoms with Gasteiger partial charge in [-0.15, -0.1) is 0 Å². The van der Waals surface area contributed by atoms with E-state index in [4.69, 9.17) is 10.8 Å². The van der Waals surface area contributed by atoms with Gasteiger partial charge in [0.05, 0.1) is 4.90 Å². The van der Waals surface area contributed by atoms with Gasteiger partial charge in [-0.25, -0.2) is 12.7 Å². The first kappa shape index (κ1) is 16.4. The lowest BCUT2D eigenvalue weighted by molar-refractivity contribution is 0.281. The van der Waals surface area contributed by atoms with Crippen molar-refractivity contribution in [3.8, 4) is 0 Å². The van der Waals surface area contributed by atoms with Crippen LogP contribution in [-0.4, -0.2) is 38.0 Å². The van der Waals surface area contributed by atoms with Crippen LogP contribution in [-0.2, 0) is 10.0 Å². The average molecular weight is 351 g/mol. The normalized spacial score (nSPS) is 12.0. The van der Waals surface area contributed by atoms with Crippen molar-refractivity contribution < 1.29 is 13.5 Å². The van der Waals surface area contributed by atoms with Crippen LogP contribution in [0.15, 0.2) is 27.6 Å². The Morgan fingerprint density at radius 2 is 2.00 bits per heavy atom. The van der Waals surface area contributed by atoms with Gasteiger partial charge in [0, 0.05) is 30.4 Å². The van der Waals surface area contributed by atoms with Crippen molar-refractivity contribution in [2.75, 3.05) is 25.9 Å². The molecule has 108 valence electrons. The molecule has 0 aliphatic carbocycles. The number of aliphatic hydroxyl groups is 1. The molecule has 0 aromatic heterocycles. The highest BCUT2D eigenvalue weighted by Gasteiger charge is 2.22. The summed E-state index contributed by atoms with van der Waals surface area (Å²) in [7, 11) is -1.95. The van der Waals surface area contributed by atoms with Crippen molar-refractivity contribution in [2.45, 2.75) is 24.2 Å². The van der Waals surface area contributed by atoms with E-state index in [1.807, 2.05) is 0 Å². The second kappa shape index (κ2) is 7.23. The van der Waals surface area contributed by atoms with Gasteiger partial charge in [0.2, 0.25) is 10.0 Å². The number of nitrogens with zero attached hydrogens (tertiary/aromatic N) is 1. The van der Waals surface area contributed by atoms with Crippen LogP contribution in [0.5, 0.6) is 0 Å². The Kier molecular flexibility index (Phi) is 6.25. The first-order valence-corrected chi connectivity index (χ1v) is 8.25. The van der Waals surface area contributed by atoms with Crippen molar-refractivity contribution in [1.82, 2.24) is 4.31 Å². The van der Waals surface area contributed by atoms with Crippen LogP contribution in [0.4, 0.5) is 5.69 Å². The van der Waals surface area contributed by atoms with Crippen LogP contribution < -0.4 is 5.73 Å². The molecule has 1 aromatic rings. The number of hydrogen-bond acceptors (Lipinski definition) is 4. The van der Waals surface area contributed by atoms with E-state index in [-0.39, 0.29) is 11.5 Å². The van der Waals surface area contributed by atoms with Gasteiger partial charge in [-0.1, -0.05) is 0 Å². The maximum atomic E-state index is 12.3. The van der Waals surface area contributed by atoms with Gasteiger partial charge in [0.15, 0.2) is 0 Å². The first-order valence-electron chi connectivity index (χ1n) is 6.02. The van der Waals surface area contributed by atoms with E-state index >= 15 is 0 Å². The molecule has 1 rings (SSSR count). The fraction of sp³-hybridized carbons (Fsp3) is 0.500. The van der Waals surface area contributed by atoms with Gasteiger partial charge >= 0.3 is 0 Å². The molecule has 5 nitrogen and oxygen atoms in total. The lowest BCUT2D eigenvalue weighted by atomic mass is 10.2. The number of halogens is 1. The third-order valence-corrected chi connectivity index (χ3v) is 5.61. The zero-order valence-corrected chi connectivity index (χ0v) is 13.2. The van der Waals surface area contributed by atoms with Crippen LogP contribution in [0.3, 0.4) is 0 Å². The quantitative estimate of drug-likeness (QED) is 0.580. The molecular weight excluding hydrogens is 332 g/mol. The molecule has 0 atom stereocenters. The van der Waals surface area contributed by atoms with Gasteiger partial charge in [-0.05, 0) is 53.4 Å². The van der Waals surface area contributed by atoms with Crippen molar-refractivity contribution in [3.63, 3.8) is 0 Å². The highest BCUT2D eigenvalue weighted by Crippen LogP contribution is 2.26. The number of unbranched alkanes of at least 4 members (excludes halogenated alkanes) is 2. The molecule has 0 heterocycles. The summed E-state index contributed by atoms with van der Waals surface area (Å²) in [5, 5.41) is 8.68. The third-order valence-electron chi connectivity index (χ3n) is 2.78. The molecule has 19 heavy (non-hydrogen) atoms. The van der Waals surface area contributed by atoms with E-state index in [2.05, 4.69) is 15.9 Å². The molecule has 1 aromatic carbocycles. The molecule has 0 aliphatic heterocycles. The van der Waals surface area contributed by atoms with E-state index in [1.165, 1.54) is 10.4 Å². The minimum atomic E-state index is -3.51. The second-order valence-corrected chi connectivity index (χ2v) is 7.17. The summed E-state index contributed by atoms with van der Waals surface area (Å²) in [6.45, 7) is 0.569. The van der Waals surface area contributed by atoms with Gasteiger partial charge < -0.3 is 10.8 Å². The lowest BCUT2D eigenvalue weighted by Crippen LogP contribution is -2.28. The highest BCUT2D eigenvalue weighted by molar-refractivity contribution is 9.10. The number of benzene rings is 1. The maximum Gasteiger partial charge on any atom is 0.243 e. The first-order chi connectivity index (χ1) is 8.89. The van der Waals surface area contributed by atoms with Crippen molar-refractivity contribution >= 4 is 31.6 Å². The van der Waals surface area contributed by atoms with Crippen LogP contribution in [0.25, 0.3) is 0 Å². The average Bonchev–Trinajstić information content (AvgIpc) is 2.33. The molecule has 0 spiro atoms. The standard InChI is InChI=1S/C12H19BrN2O3S/c1-15(7-3-2-4-8-16)19(17,18)12-6-5-10(14)9-11(12)13/h5-6,9,16H,2-4,7-8,14H2,1H3. The molecule has 0 saturated heterocycles. The molecule has 0 radical (unpaired) electrons. The molecule has 0 fully saturated rings. The Bertz CT molecular complexity index is 520. The minimum Gasteiger partial charge on any atom is -0.399 e. The van der Waals surface area contributed by atoms with Crippen LogP contribution in [0, 0.1) is 0 Å². The molecular formula is C12H19BrN2O3S. The number of rotatable bonds is 7. The summed E-state index contributed by atoms with van der Waals surface area (Å²) in [4.78, 5) is 0.214. The molecule has 0 bridgehead atoms. The molecule has 3 N–H and O–H groups in total. The smallest absolute Gasteiger partial charge is 0.243 e. The van der Waals surface area contributed by atoms with Crippen LogP contribution in [0.2, 0.25) is 0 Å². The Hall–Kier alpha value is -0.630. The molecule has 0 amide bonds. The maximum absolute atomic E-state index is 12.3. The topological polar surface area (TPSA) is 83.6 Å². The van der Waals surface area contributed by atoms with Gasteiger partial charge in [-0.2, -0.15) is 0 Å². The lowest BCUT2D eigenvalue weighted by Gasteiger charge is -2.18. The zero-order chi connectivity index (χ0) is 14.5.